The second-order valence-corrected chi connectivity index (χ2v) is 6.26. The van der Waals surface area contributed by atoms with Gasteiger partial charge >= 0.3 is 0 Å². The van der Waals surface area contributed by atoms with Gasteiger partial charge in [0.2, 0.25) is 0 Å². The Labute approximate surface area is 111 Å². The Bertz CT molecular complexity index is 692. The maximum atomic E-state index is 11.5. The molecule has 1 aromatic heterocycles. The van der Waals surface area contributed by atoms with Crippen molar-refractivity contribution in [3.63, 3.8) is 0 Å². The number of nitrogens with one attached hydrogen (secondary N) is 1. The minimum absolute atomic E-state index is 0.119. The smallest absolute Gasteiger partial charge is 0.177 e. The van der Waals surface area contributed by atoms with Gasteiger partial charge in [0.05, 0.1) is 22.8 Å². The van der Waals surface area contributed by atoms with Gasteiger partial charge in [-0.05, 0) is 19.1 Å². The number of nitrogen functional groups attached to an aromatic ring is 1. The molecule has 0 aliphatic rings. The molecule has 19 heavy (non-hydrogen) atoms. The number of nitrogens with zero attached hydrogens (tertiary/aromatic N) is 1. The second-order valence-electron chi connectivity index (χ2n) is 4.27. The molecule has 0 saturated heterocycles. The molecule has 0 atom stereocenters. The highest BCUT2D eigenvalue weighted by Crippen LogP contribution is 2.26. The van der Waals surface area contributed by atoms with Crippen molar-refractivity contribution in [1.82, 2.24) is 5.16 Å². The van der Waals surface area contributed by atoms with Crippen LogP contribution in [0.2, 0.25) is 0 Å². The summed E-state index contributed by atoms with van der Waals surface area (Å²) in [5.41, 5.74) is 7.35. The summed E-state index contributed by atoms with van der Waals surface area (Å²) in [6, 6.07) is 6.64. The Hall–Kier alpha value is -2.02. The molecule has 1 heterocycles. The van der Waals surface area contributed by atoms with E-state index in [1.165, 1.54) is 6.07 Å². The number of anilines is 2. The molecule has 7 heteroatoms. The lowest BCUT2D eigenvalue weighted by Crippen LogP contribution is -2.07. The van der Waals surface area contributed by atoms with Crippen LogP contribution in [0.15, 0.2) is 33.7 Å². The molecule has 0 unspecified atom stereocenters. The van der Waals surface area contributed by atoms with E-state index in [1.54, 1.807) is 25.1 Å². The molecule has 2 rings (SSSR count). The molecule has 6 nitrogen and oxygen atoms in total. The predicted octanol–water partition coefficient (Wildman–Crippen LogP) is 1.58. The lowest BCUT2D eigenvalue weighted by Gasteiger charge is -2.10. The normalized spacial score (nSPS) is 11.5. The number of benzene rings is 1. The zero-order valence-electron chi connectivity index (χ0n) is 10.7. The van der Waals surface area contributed by atoms with Crippen LogP contribution >= 0.6 is 0 Å². The molecule has 102 valence electrons. The molecule has 0 fully saturated rings. The summed E-state index contributed by atoms with van der Waals surface area (Å²) >= 11 is 0. The summed E-state index contributed by atoms with van der Waals surface area (Å²) in [6.45, 7) is 2.21. The zero-order chi connectivity index (χ0) is 14.0. The van der Waals surface area contributed by atoms with Crippen molar-refractivity contribution < 1.29 is 12.9 Å². The fraction of sp³-hybridized carbons (Fsp3) is 0.250. The molecule has 0 bridgehead atoms. The minimum Gasteiger partial charge on any atom is -0.396 e. The first-order chi connectivity index (χ1) is 8.88. The highest BCUT2D eigenvalue weighted by Gasteiger charge is 2.14. The van der Waals surface area contributed by atoms with E-state index < -0.39 is 9.84 Å². The van der Waals surface area contributed by atoms with Gasteiger partial charge < -0.3 is 15.6 Å². The summed E-state index contributed by atoms with van der Waals surface area (Å²) in [5, 5.41) is 6.88. The monoisotopic (exact) mass is 281 g/mol. The maximum Gasteiger partial charge on any atom is 0.177 e. The molecule has 3 N–H and O–H groups in total. The summed E-state index contributed by atoms with van der Waals surface area (Å²) in [4.78, 5) is 0.119. The molecule has 0 spiro atoms. The number of hydrogen-bond acceptors (Lipinski definition) is 6. The predicted molar refractivity (Wildman–Crippen MR) is 72.5 cm³/mol. The van der Waals surface area contributed by atoms with Crippen LogP contribution < -0.4 is 11.1 Å². The van der Waals surface area contributed by atoms with E-state index in [0.717, 1.165) is 17.7 Å². The van der Waals surface area contributed by atoms with Crippen LogP contribution in [0.5, 0.6) is 0 Å². The van der Waals surface area contributed by atoms with E-state index in [0.29, 0.717) is 12.2 Å². The standard InChI is InChI=1S/C12H15N3O3S/c1-8-6-9(15-18-8)7-14-10-4-3-5-11(12(10)13)19(2,16)17/h3-6,14H,7,13H2,1-2H3. The first-order valence-corrected chi connectivity index (χ1v) is 7.51. The third-order valence-corrected chi connectivity index (χ3v) is 3.76. The number of rotatable bonds is 4. The average molecular weight is 281 g/mol. The maximum absolute atomic E-state index is 11.5. The van der Waals surface area contributed by atoms with Gasteiger partial charge in [0.25, 0.3) is 0 Å². The van der Waals surface area contributed by atoms with Crippen LogP contribution in [-0.4, -0.2) is 19.8 Å². The van der Waals surface area contributed by atoms with E-state index >= 15 is 0 Å². The lowest BCUT2D eigenvalue weighted by atomic mass is 10.2. The van der Waals surface area contributed by atoms with Crippen molar-refractivity contribution in [2.45, 2.75) is 18.4 Å². The largest absolute Gasteiger partial charge is 0.396 e. The third-order valence-electron chi connectivity index (χ3n) is 2.60. The van der Waals surface area contributed by atoms with Crippen molar-refractivity contribution in [1.29, 1.82) is 0 Å². The van der Waals surface area contributed by atoms with E-state index in [1.807, 2.05) is 0 Å². The highest BCUT2D eigenvalue weighted by atomic mass is 32.2. The molecule has 2 aromatic rings. The van der Waals surface area contributed by atoms with E-state index in [2.05, 4.69) is 10.5 Å². The molecular formula is C12H15N3O3S. The number of aryl methyl sites for hydroxylation is 1. The van der Waals surface area contributed by atoms with Crippen LogP contribution in [0.3, 0.4) is 0 Å². The van der Waals surface area contributed by atoms with Gasteiger partial charge in [0.15, 0.2) is 9.84 Å². The molecule has 1 aromatic carbocycles. The minimum atomic E-state index is -3.33. The molecule has 0 aliphatic heterocycles. The molecule has 0 aliphatic carbocycles. The van der Waals surface area contributed by atoms with Gasteiger partial charge in [0, 0.05) is 12.3 Å². The van der Waals surface area contributed by atoms with Crippen LogP contribution in [-0.2, 0) is 16.4 Å². The quantitative estimate of drug-likeness (QED) is 0.826. The van der Waals surface area contributed by atoms with Crippen LogP contribution in [0.25, 0.3) is 0 Å². The Balaban J connectivity index is 2.22. The van der Waals surface area contributed by atoms with E-state index in [9.17, 15) is 8.42 Å². The van der Waals surface area contributed by atoms with Crippen LogP contribution in [0.1, 0.15) is 11.5 Å². The van der Waals surface area contributed by atoms with Crippen molar-refractivity contribution in [3.8, 4) is 0 Å². The molecule has 0 radical (unpaired) electrons. The number of nitrogens with two attached hydrogens (primary N) is 1. The Morgan fingerprint density at radius 3 is 2.74 bits per heavy atom. The van der Waals surface area contributed by atoms with Gasteiger partial charge in [-0.15, -0.1) is 0 Å². The number of sulfone groups is 1. The first kappa shape index (κ1) is 13.4. The Kier molecular flexibility index (Phi) is 3.48. The van der Waals surface area contributed by atoms with Crippen molar-refractivity contribution >= 4 is 21.2 Å². The highest BCUT2D eigenvalue weighted by molar-refractivity contribution is 7.90. The topological polar surface area (TPSA) is 98.2 Å². The fourth-order valence-corrected chi connectivity index (χ4v) is 2.54. The van der Waals surface area contributed by atoms with E-state index in [-0.39, 0.29) is 10.6 Å². The second kappa shape index (κ2) is 4.93. The van der Waals surface area contributed by atoms with Gasteiger partial charge in [-0.1, -0.05) is 11.2 Å². The SMILES string of the molecule is Cc1cc(CNc2cccc(S(C)(=O)=O)c2N)no1. The van der Waals surface area contributed by atoms with Crippen molar-refractivity contribution in [3.05, 3.63) is 35.7 Å². The van der Waals surface area contributed by atoms with Gasteiger partial charge in [0.1, 0.15) is 11.5 Å². The number of aromatic nitrogens is 1. The van der Waals surface area contributed by atoms with Gasteiger partial charge in [-0.3, -0.25) is 0 Å². The summed E-state index contributed by atoms with van der Waals surface area (Å²) in [7, 11) is -3.33. The van der Waals surface area contributed by atoms with Gasteiger partial charge in [-0.2, -0.15) is 0 Å². The van der Waals surface area contributed by atoms with Gasteiger partial charge in [-0.25, -0.2) is 8.42 Å². The molecular weight excluding hydrogens is 266 g/mol. The summed E-state index contributed by atoms with van der Waals surface area (Å²) in [6.07, 6.45) is 1.13. The van der Waals surface area contributed by atoms with E-state index in [4.69, 9.17) is 10.3 Å². The number of para-hydroxylation sites is 1. The zero-order valence-corrected chi connectivity index (χ0v) is 11.5. The Morgan fingerprint density at radius 2 is 2.16 bits per heavy atom. The fourth-order valence-electron chi connectivity index (χ4n) is 1.71. The van der Waals surface area contributed by atoms with Crippen molar-refractivity contribution in [2.24, 2.45) is 0 Å². The Morgan fingerprint density at radius 1 is 1.42 bits per heavy atom. The number of hydrogen-bond donors (Lipinski definition) is 2. The first-order valence-electron chi connectivity index (χ1n) is 5.62. The third kappa shape index (κ3) is 3.05. The molecule has 0 amide bonds. The summed E-state index contributed by atoms with van der Waals surface area (Å²) < 4.78 is 28.0. The summed E-state index contributed by atoms with van der Waals surface area (Å²) in [5.74, 6) is 0.717. The molecule has 0 saturated carbocycles. The van der Waals surface area contributed by atoms with Crippen molar-refractivity contribution in [2.75, 3.05) is 17.3 Å². The van der Waals surface area contributed by atoms with Crippen LogP contribution in [0.4, 0.5) is 11.4 Å². The lowest BCUT2D eigenvalue weighted by molar-refractivity contribution is 0.391. The average Bonchev–Trinajstić information content (AvgIpc) is 2.72. The van der Waals surface area contributed by atoms with Crippen LogP contribution in [0, 0.1) is 6.92 Å².